The van der Waals surface area contributed by atoms with Gasteiger partial charge in [-0.1, -0.05) is 6.08 Å². The predicted octanol–water partition coefficient (Wildman–Crippen LogP) is 4.36. The molecule has 0 saturated carbocycles. The van der Waals surface area contributed by atoms with Crippen LogP contribution in [0.4, 0.5) is 13.2 Å². The third-order valence-electron chi connectivity index (χ3n) is 1.68. The van der Waals surface area contributed by atoms with Gasteiger partial charge in [-0.3, -0.25) is 0 Å². The van der Waals surface area contributed by atoms with Crippen molar-refractivity contribution in [3.63, 3.8) is 0 Å². The molecule has 0 amide bonds. The molecule has 0 fully saturated rings. The van der Waals surface area contributed by atoms with E-state index in [1.807, 2.05) is 0 Å². The van der Waals surface area contributed by atoms with Crippen LogP contribution in [0.3, 0.4) is 0 Å². The number of nitrogens with zero attached hydrogens (tertiary/aromatic N) is 1. The van der Waals surface area contributed by atoms with E-state index in [0.717, 1.165) is 11.3 Å². The van der Waals surface area contributed by atoms with E-state index in [-0.39, 0.29) is 10.8 Å². The standard InChI is InChI=1S/C10H10F3NS/c1-6(3-4-7(2)11)8-5-15-10(14-8)9(12)13/h3-5,9H,1-2H3/b6-3-,7-4+. The predicted molar refractivity (Wildman–Crippen MR) is 55.6 cm³/mol. The van der Waals surface area contributed by atoms with Crippen LogP contribution in [0.1, 0.15) is 31.0 Å². The van der Waals surface area contributed by atoms with E-state index in [1.165, 1.54) is 24.5 Å². The highest BCUT2D eigenvalue weighted by Gasteiger charge is 2.12. The SMILES string of the molecule is C/C(=C/C=C(\C)F)c1csc(C(F)F)n1. The Labute approximate surface area is 90.0 Å². The van der Waals surface area contributed by atoms with E-state index in [2.05, 4.69) is 4.98 Å². The van der Waals surface area contributed by atoms with Crippen molar-refractivity contribution in [2.75, 3.05) is 0 Å². The van der Waals surface area contributed by atoms with Crippen molar-refractivity contribution in [2.45, 2.75) is 20.3 Å². The van der Waals surface area contributed by atoms with E-state index < -0.39 is 6.43 Å². The number of hydrogen-bond acceptors (Lipinski definition) is 2. The molecule has 0 bridgehead atoms. The minimum atomic E-state index is -2.55. The Balaban J connectivity index is 2.87. The second-order valence-corrected chi connectivity index (χ2v) is 3.86. The lowest BCUT2D eigenvalue weighted by Crippen LogP contribution is -1.84. The molecule has 82 valence electrons. The van der Waals surface area contributed by atoms with Gasteiger partial charge in [0.15, 0.2) is 5.01 Å². The highest BCUT2D eigenvalue weighted by Crippen LogP contribution is 2.25. The largest absolute Gasteiger partial charge is 0.289 e. The molecule has 0 saturated heterocycles. The third kappa shape index (κ3) is 3.51. The lowest BCUT2D eigenvalue weighted by atomic mass is 10.2. The van der Waals surface area contributed by atoms with Crippen LogP contribution in [0, 0.1) is 0 Å². The molecule has 1 heterocycles. The molecular weight excluding hydrogens is 223 g/mol. The summed E-state index contributed by atoms with van der Waals surface area (Å²) in [5.41, 5.74) is 1.13. The minimum absolute atomic E-state index is 0.210. The van der Waals surface area contributed by atoms with Gasteiger partial charge in [0, 0.05) is 5.38 Å². The Bertz CT molecular complexity index is 389. The highest BCUT2D eigenvalue weighted by molar-refractivity contribution is 7.09. The summed E-state index contributed by atoms with van der Waals surface area (Å²) >= 11 is 0.904. The molecule has 0 unspecified atom stereocenters. The Kier molecular flexibility index (Phi) is 4.08. The maximum atomic E-state index is 12.4. The quantitative estimate of drug-likeness (QED) is 0.707. The zero-order valence-corrected chi connectivity index (χ0v) is 9.12. The van der Waals surface area contributed by atoms with Crippen molar-refractivity contribution in [3.05, 3.63) is 34.1 Å². The van der Waals surface area contributed by atoms with Gasteiger partial charge in [-0.05, 0) is 25.5 Å². The third-order valence-corrected chi connectivity index (χ3v) is 2.53. The molecule has 1 aromatic rings. The van der Waals surface area contributed by atoms with E-state index in [9.17, 15) is 13.2 Å². The topological polar surface area (TPSA) is 12.9 Å². The van der Waals surface area contributed by atoms with E-state index in [0.29, 0.717) is 11.3 Å². The van der Waals surface area contributed by atoms with E-state index >= 15 is 0 Å². The number of alkyl halides is 2. The van der Waals surface area contributed by atoms with Crippen molar-refractivity contribution in [3.8, 4) is 0 Å². The fourth-order valence-electron chi connectivity index (χ4n) is 0.894. The van der Waals surface area contributed by atoms with Crippen molar-refractivity contribution >= 4 is 16.9 Å². The molecule has 0 aromatic carbocycles. The molecule has 0 spiro atoms. The van der Waals surface area contributed by atoms with Crippen LogP contribution in [-0.4, -0.2) is 4.98 Å². The molecule has 1 nitrogen and oxygen atoms in total. The smallest absolute Gasteiger partial charge is 0.235 e. The number of halogens is 3. The van der Waals surface area contributed by atoms with Gasteiger partial charge >= 0.3 is 0 Å². The highest BCUT2D eigenvalue weighted by atomic mass is 32.1. The van der Waals surface area contributed by atoms with Crippen LogP contribution in [0.15, 0.2) is 23.4 Å². The molecule has 5 heteroatoms. The minimum Gasteiger partial charge on any atom is -0.235 e. The molecule has 1 aromatic heterocycles. The van der Waals surface area contributed by atoms with Crippen LogP contribution < -0.4 is 0 Å². The summed E-state index contributed by atoms with van der Waals surface area (Å²) < 4.78 is 36.8. The Morgan fingerprint density at radius 3 is 2.53 bits per heavy atom. The Morgan fingerprint density at radius 2 is 2.07 bits per heavy atom. The van der Waals surface area contributed by atoms with Crippen LogP contribution in [0.25, 0.3) is 5.57 Å². The fraction of sp³-hybridized carbons (Fsp3) is 0.300. The summed E-state index contributed by atoms with van der Waals surface area (Å²) in [5, 5.41) is 1.33. The number of aromatic nitrogens is 1. The van der Waals surface area contributed by atoms with Gasteiger partial charge in [-0.15, -0.1) is 11.3 Å². The van der Waals surface area contributed by atoms with E-state index in [1.54, 1.807) is 6.92 Å². The van der Waals surface area contributed by atoms with Gasteiger partial charge < -0.3 is 0 Å². The molecule has 0 atom stereocenters. The molecule has 1 rings (SSSR count). The van der Waals surface area contributed by atoms with Crippen molar-refractivity contribution in [1.82, 2.24) is 4.98 Å². The first-order chi connectivity index (χ1) is 7.00. The fourth-order valence-corrected chi connectivity index (χ4v) is 1.62. The number of hydrogen-bond donors (Lipinski definition) is 0. The monoisotopic (exact) mass is 233 g/mol. The second-order valence-electron chi connectivity index (χ2n) is 2.97. The summed E-state index contributed by atoms with van der Waals surface area (Å²) in [7, 11) is 0. The lowest BCUT2D eigenvalue weighted by molar-refractivity contribution is 0.151. The number of thiazole rings is 1. The van der Waals surface area contributed by atoms with Gasteiger partial charge in [0.25, 0.3) is 6.43 Å². The van der Waals surface area contributed by atoms with Gasteiger partial charge in [-0.25, -0.2) is 18.2 Å². The molecular formula is C10H10F3NS. The van der Waals surface area contributed by atoms with Crippen molar-refractivity contribution in [2.24, 2.45) is 0 Å². The number of allylic oxidation sites excluding steroid dienone is 4. The summed E-state index contributed by atoms with van der Waals surface area (Å²) in [5.74, 6) is -0.335. The summed E-state index contributed by atoms with van der Waals surface area (Å²) in [6.45, 7) is 3.01. The van der Waals surface area contributed by atoms with Gasteiger partial charge in [0.2, 0.25) is 0 Å². The van der Waals surface area contributed by atoms with Gasteiger partial charge in [0.05, 0.1) is 11.5 Å². The molecule has 0 aliphatic heterocycles. The Morgan fingerprint density at radius 1 is 1.40 bits per heavy atom. The lowest BCUT2D eigenvalue weighted by Gasteiger charge is -1.93. The summed E-state index contributed by atoms with van der Waals surface area (Å²) in [6, 6.07) is 0. The van der Waals surface area contributed by atoms with Crippen LogP contribution in [0.2, 0.25) is 0 Å². The Hall–Kier alpha value is -1.10. The number of rotatable bonds is 3. The normalized spacial score (nSPS) is 13.7. The van der Waals surface area contributed by atoms with Crippen LogP contribution in [0.5, 0.6) is 0 Å². The zero-order valence-electron chi connectivity index (χ0n) is 8.30. The first-order valence-electron chi connectivity index (χ1n) is 4.25. The summed E-state index contributed by atoms with van der Waals surface area (Å²) in [6.07, 6.45) is 0.242. The van der Waals surface area contributed by atoms with E-state index in [4.69, 9.17) is 0 Å². The second kappa shape index (κ2) is 5.11. The summed E-state index contributed by atoms with van der Waals surface area (Å²) in [4.78, 5) is 3.74. The maximum Gasteiger partial charge on any atom is 0.289 e. The van der Waals surface area contributed by atoms with Crippen molar-refractivity contribution < 1.29 is 13.2 Å². The molecule has 0 radical (unpaired) electrons. The first kappa shape index (κ1) is 12.0. The molecule has 0 aliphatic carbocycles. The average Bonchev–Trinajstić information content (AvgIpc) is 2.62. The van der Waals surface area contributed by atoms with Crippen LogP contribution in [-0.2, 0) is 0 Å². The first-order valence-corrected chi connectivity index (χ1v) is 5.13. The van der Waals surface area contributed by atoms with Gasteiger partial charge in [-0.2, -0.15) is 0 Å². The maximum absolute atomic E-state index is 12.4. The molecule has 0 N–H and O–H groups in total. The average molecular weight is 233 g/mol. The molecule has 15 heavy (non-hydrogen) atoms. The zero-order chi connectivity index (χ0) is 11.4. The van der Waals surface area contributed by atoms with Gasteiger partial charge in [0.1, 0.15) is 0 Å². The van der Waals surface area contributed by atoms with Crippen molar-refractivity contribution in [1.29, 1.82) is 0 Å². The molecule has 0 aliphatic rings. The van der Waals surface area contributed by atoms with Crippen LogP contribution >= 0.6 is 11.3 Å².